The maximum atomic E-state index is 12.3. The number of carbonyl (C=O) groups is 1. The highest BCUT2D eigenvalue weighted by atomic mass is 16.4. The molecule has 0 spiro atoms. The minimum Gasteiger partial charge on any atom is -0.411 e. The lowest BCUT2D eigenvalue weighted by Gasteiger charge is -2.05. The summed E-state index contributed by atoms with van der Waals surface area (Å²) in [5, 5.41) is 9.57. The van der Waals surface area contributed by atoms with Gasteiger partial charge >= 0.3 is 6.01 Å². The Labute approximate surface area is 164 Å². The van der Waals surface area contributed by atoms with Gasteiger partial charge in [-0.1, -0.05) is 16.9 Å². The molecule has 0 aliphatic rings. The van der Waals surface area contributed by atoms with Crippen LogP contribution in [0.3, 0.4) is 0 Å². The topological polar surface area (TPSA) is 146 Å². The first-order valence-electron chi connectivity index (χ1n) is 8.45. The Balaban J connectivity index is 1.69. The highest BCUT2D eigenvalue weighted by Gasteiger charge is 2.11. The van der Waals surface area contributed by atoms with Crippen molar-refractivity contribution in [3.05, 3.63) is 59.1 Å². The molecule has 4 rings (SSSR count). The van der Waals surface area contributed by atoms with E-state index >= 15 is 0 Å². The van der Waals surface area contributed by atoms with E-state index in [1.807, 2.05) is 13.8 Å². The molecule has 1 amide bonds. The smallest absolute Gasteiger partial charge is 0.322 e. The van der Waals surface area contributed by atoms with Gasteiger partial charge in [0.2, 0.25) is 6.39 Å². The van der Waals surface area contributed by atoms with Crippen LogP contribution in [-0.2, 0) is 0 Å². The number of amides is 1. The summed E-state index contributed by atoms with van der Waals surface area (Å²) < 4.78 is 4.90. The van der Waals surface area contributed by atoms with Gasteiger partial charge in [0.05, 0.1) is 28.7 Å². The summed E-state index contributed by atoms with van der Waals surface area (Å²) in [6.07, 6.45) is 5.62. The van der Waals surface area contributed by atoms with Crippen molar-refractivity contribution in [2.45, 2.75) is 13.8 Å². The number of rotatable bonds is 2. The normalized spacial score (nSPS) is 10.4. The summed E-state index contributed by atoms with van der Waals surface area (Å²) >= 11 is 0. The average Bonchev–Trinajstić information content (AvgIpc) is 3.22. The van der Waals surface area contributed by atoms with Gasteiger partial charge in [-0.05, 0) is 19.9 Å². The first-order chi connectivity index (χ1) is 14.0. The van der Waals surface area contributed by atoms with Crippen LogP contribution < -0.4 is 11.1 Å². The summed E-state index contributed by atoms with van der Waals surface area (Å²) in [5.41, 5.74) is 10.1. The standard InChI is InChI=1S/C19H14N8O2/c1-10-11(2)25-16-14(17(20)22-8-15(16)24-10)4-3-12-5-13(7-21-6-12)18(28)26-19-27-23-9-29-19/h5-9H,1-2H3,(H2,20,22)(H,26,27,28). The third kappa shape index (κ3) is 3.70. The van der Waals surface area contributed by atoms with Crippen molar-refractivity contribution in [1.29, 1.82) is 0 Å². The van der Waals surface area contributed by atoms with E-state index in [1.165, 1.54) is 12.4 Å². The van der Waals surface area contributed by atoms with Crippen molar-refractivity contribution in [3.8, 4) is 11.8 Å². The van der Waals surface area contributed by atoms with Gasteiger partial charge in [-0.2, -0.15) is 0 Å². The molecular formula is C19H14N8O2. The summed E-state index contributed by atoms with van der Waals surface area (Å²) in [4.78, 5) is 29.5. The molecule has 3 N–H and O–H groups in total. The molecular weight excluding hydrogens is 372 g/mol. The second-order valence-corrected chi connectivity index (χ2v) is 6.06. The van der Waals surface area contributed by atoms with E-state index in [4.69, 9.17) is 10.2 Å². The number of carbonyl (C=O) groups excluding carboxylic acids is 1. The first-order valence-corrected chi connectivity index (χ1v) is 8.45. The fourth-order valence-electron chi connectivity index (χ4n) is 2.50. The number of nitrogens with two attached hydrogens (primary N) is 1. The third-order valence-corrected chi connectivity index (χ3v) is 4.07. The maximum absolute atomic E-state index is 12.3. The van der Waals surface area contributed by atoms with Crippen LogP contribution in [0.15, 0.2) is 35.5 Å². The fourth-order valence-corrected chi connectivity index (χ4v) is 2.50. The van der Waals surface area contributed by atoms with Crippen LogP contribution in [0.2, 0.25) is 0 Å². The molecule has 0 radical (unpaired) electrons. The van der Waals surface area contributed by atoms with Gasteiger partial charge in [-0.15, -0.1) is 5.10 Å². The minimum atomic E-state index is -0.450. The Morgan fingerprint density at radius 2 is 1.97 bits per heavy atom. The Hall–Kier alpha value is -4.39. The van der Waals surface area contributed by atoms with E-state index in [2.05, 4.69) is 47.3 Å². The van der Waals surface area contributed by atoms with Gasteiger partial charge in [-0.3, -0.25) is 15.1 Å². The Kier molecular flexibility index (Phi) is 4.54. The number of hydrogen-bond acceptors (Lipinski definition) is 9. The van der Waals surface area contributed by atoms with Crippen LogP contribution >= 0.6 is 0 Å². The van der Waals surface area contributed by atoms with Crippen LogP contribution in [0.5, 0.6) is 0 Å². The number of aryl methyl sites for hydroxylation is 2. The second-order valence-electron chi connectivity index (χ2n) is 6.06. The molecule has 0 atom stereocenters. The maximum Gasteiger partial charge on any atom is 0.322 e. The van der Waals surface area contributed by atoms with Crippen molar-refractivity contribution < 1.29 is 9.21 Å². The van der Waals surface area contributed by atoms with Gasteiger partial charge in [0.1, 0.15) is 16.9 Å². The quantitative estimate of drug-likeness (QED) is 0.491. The van der Waals surface area contributed by atoms with E-state index < -0.39 is 5.91 Å². The molecule has 0 aliphatic heterocycles. The molecule has 0 aromatic carbocycles. The lowest BCUT2D eigenvalue weighted by atomic mass is 10.1. The molecule has 10 heteroatoms. The van der Waals surface area contributed by atoms with Crippen LogP contribution in [0.4, 0.5) is 11.8 Å². The SMILES string of the molecule is Cc1nc2cnc(N)c(C#Cc3cncc(C(=O)Nc4nnco4)c3)c2nc1C. The monoisotopic (exact) mass is 386 g/mol. The fraction of sp³-hybridized carbons (Fsp3) is 0.105. The number of hydrogen-bond donors (Lipinski definition) is 2. The zero-order chi connectivity index (χ0) is 20.4. The molecule has 4 aromatic heterocycles. The molecule has 0 bridgehead atoms. The average molecular weight is 386 g/mol. The number of nitrogens with one attached hydrogen (secondary N) is 1. The van der Waals surface area contributed by atoms with Crippen molar-refractivity contribution in [3.63, 3.8) is 0 Å². The van der Waals surface area contributed by atoms with Crippen molar-refractivity contribution in [2.24, 2.45) is 0 Å². The predicted octanol–water partition coefficient (Wildman–Crippen LogP) is 1.65. The zero-order valence-corrected chi connectivity index (χ0v) is 15.5. The second kappa shape index (κ2) is 7.32. The highest BCUT2D eigenvalue weighted by molar-refractivity contribution is 6.03. The molecule has 10 nitrogen and oxygen atoms in total. The summed E-state index contributed by atoms with van der Waals surface area (Å²) in [6, 6.07) is 1.58. The number of pyridine rings is 2. The number of nitrogen functional groups attached to an aromatic ring is 1. The van der Waals surface area contributed by atoms with Crippen LogP contribution in [0.25, 0.3) is 11.0 Å². The molecule has 0 fully saturated rings. The lowest BCUT2D eigenvalue weighted by molar-refractivity contribution is 0.102. The molecule has 0 aliphatic carbocycles. The number of aromatic nitrogens is 6. The van der Waals surface area contributed by atoms with Crippen molar-refractivity contribution >= 4 is 28.8 Å². The third-order valence-electron chi connectivity index (χ3n) is 4.07. The summed E-state index contributed by atoms with van der Waals surface area (Å²) in [6.45, 7) is 3.74. The lowest BCUT2D eigenvalue weighted by Crippen LogP contribution is -2.12. The number of anilines is 2. The van der Waals surface area contributed by atoms with Crippen molar-refractivity contribution in [1.82, 2.24) is 30.1 Å². The van der Waals surface area contributed by atoms with E-state index in [-0.39, 0.29) is 17.4 Å². The molecule has 4 heterocycles. The van der Waals surface area contributed by atoms with Gasteiger partial charge in [0.25, 0.3) is 5.91 Å². The van der Waals surface area contributed by atoms with Gasteiger partial charge < -0.3 is 10.2 Å². The molecule has 29 heavy (non-hydrogen) atoms. The van der Waals surface area contributed by atoms with Crippen LogP contribution in [0.1, 0.15) is 32.9 Å². The molecule has 0 unspecified atom stereocenters. The molecule has 4 aromatic rings. The minimum absolute atomic E-state index is 0.00896. The number of fused-ring (bicyclic) bond motifs is 1. The van der Waals surface area contributed by atoms with E-state index in [0.717, 1.165) is 17.8 Å². The first kappa shape index (κ1) is 18.0. The Morgan fingerprint density at radius 1 is 1.14 bits per heavy atom. The van der Waals surface area contributed by atoms with Crippen LogP contribution in [-0.4, -0.2) is 36.0 Å². The summed E-state index contributed by atoms with van der Waals surface area (Å²) in [7, 11) is 0. The summed E-state index contributed by atoms with van der Waals surface area (Å²) in [5.74, 6) is 5.73. The van der Waals surface area contributed by atoms with Crippen LogP contribution in [0, 0.1) is 25.7 Å². The van der Waals surface area contributed by atoms with Crippen molar-refractivity contribution in [2.75, 3.05) is 11.1 Å². The largest absolute Gasteiger partial charge is 0.411 e. The predicted molar refractivity (Wildman–Crippen MR) is 104 cm³/mol. The van der Waals surface area contributed by atoms with E-state index in [9.17, 15) is 4.79 Å². The highest BCUT2D eigenvalue weighted by Crippen LogP contribution is 2.19. The number of nitrogens with zero attached hydrogens (tertiary/aromatic N) is 6. The molecule has 0 saturated heterocycles. The Bertz CT molecular complexity index is 1290. The molecule has 0 saturated carbocycles. The van der Waals surface area contributed by atoms with E-state index in [0.29, 0.717) is 22.2 Å². The van der Waals surface area contributed by atoms with Gasteiger partial charge in [0, 0.05) is 18.0 Å². The molecule has 142 valence electrons. The van der Waals surface area contributed by atoms with Gasteiger partial charge in [-0.25, -0.2) is 15.0 Å². The van der Waals surface area contributed by atoms with Gasteiger partial charge in [0.15, 0.2) is 0 Å². The zero-order valence-electron chi connectivity index (χ0n) is 15.5. The Morgan fingerprint density at radius 3 is 2.76 bits per heavy atom. The van der Waals surface area contributed by atoms with E-state index in [1.54, 1.807) is 12.3 Å².